The Morgan fingerprint density at radius 2 is 1.96 bits per heavy atom. The molecule has 0 saturated heterocycles. The van der Waals surface area contributed by atoms with Gasteiger partial charge in [-0.05, 0) is 26.3 Å². The number of hydrogen-bond acceptors (Lipinski definition) is 6. The third-order valence-electron chi connectivity index (χ3n) is 3.61. The third kappa shape index (κ3) is 4.25. The summed E-state index contributed by atoms with van der Waals surface area (Å²) in [5, 5.41) is 17.0. The van der Waals surface area contributed by atoms with Gasteiger partial charge in [0.15, 0.2) is 0 Å². The quantitative estimate of drug-likeness (QED) is 0.627. The van der Waals surface area contributed by atoms with Crippen molar-refractivity contribution in [2.24, 2.45) is 0 Å². The summed E-state index contributed by atoms with van der Waals surface area (Å²) in [5.41, 5.74) is 0.993. The van der Waals surface area contributed by atoms with Gasteiger partial charge in [-0.25, -0.2) is 8.42 Å². The van der Waals surface area contributed by atoms with Crippen LogP contribution < -0.4 is 4.72 Å². The van der Waals surface area contributed by atoms with E-state index in [9.17, 15) is 18.3 Å². The van der Waals surface area contributed by atoms with Crippen molar-refractivity contribution < 1.29 is 23.1 Å². The number of nitrogens with zero attached hydrogens (tertiary/aromatic N) is 1. The predicted octanol–water partition coefficient (Wildman–Crippen LogP) is 0.970. The van der Waals surface area contributed by atoms with Gasteiger partial charge in [-0.2, -0.15) is 9.82 Å². The second-order valence-corrected chi connectivity index (χ2v) is 7.12. The number of aliphatic hydroxyl groups excluding tert-OH is 1. The van der Waals surface area contributed by atoms with Crippen molar-refractivity contribution in [1.82, 2.24) is 14.9 Å². The first-order valence-electron chi connectivity index (χ1n) is 7.71. The lowest BCUT2D eigenvalue weighted by molar-refractivity contribution is -0.148. The van der Waals surface area contributed by atoms with Crippen molar-refractivity contribution in [1.29, 1.82) is 0 Å². The molecule has 3 N–H and O–H groups in total. The summed E-state index contributed by atoms with van der Waals surface area (Å²) in [4.78, 5) is 12.2. The van der Waals surface area contributed by atoms with E-state index in [1.54, 1.807) is 44.2 Å². The number of sulfonamides is 1. The van der Waals surface area contributed by atoms with Crippen LogP contribution in [0.4, 0.5) is 0 Å². The molecule has 2 unspecified atom stereocenters. The first-order chi connectivity index (χ1) is 11.8. The van der Waals surface area contributed by atoms with Crippen LogP contribution in [-0.4, -0.2) is 42.3 Å². The van der Waals surface area contributed by atoms with Crippen LogP contribution in [-0.2, 0) is 19.6 Å². The SMILES string of the molecule is CCOC(=O)C(NS(=O)(=O)c1c(C)n[nH]c1C)C(O)c1ccccc1. The lowest BCUT2D eigenvalue weighted by Crippen LogP contribution is -2.46. The molecule has 1 aromatic carbocycles. The molecule has 0 aliphatic carbocycles. The summed E-state index contributed by atoms with van der Waals surface area (Å²) in [6.45, 7) is 4.75. The minimum atomic E-state index is -4.10. The van der Waals surface area contributed by atoms with Gasteiger partial charge in [-0.15, -0.1) is 0 Å². The molecular formula is C16H21N3O5S. The Morgan fingerprint density at radius 3 is 2.48 bits per heavy atom. The van der Waals surface area contributed by atoms with Gasteiger partial charge < -0.3 is 9.84 Å². The molecule has 0 saturated carbocycles. The minimum absolute atomic E-state index is 0.0536. The molecule has 0 spiro atoms. The predicted molar refractivity (Wildman–Crippen MR) is 90.2 cm³/mol. The summed E-state index contributed by atoms with van der Waals surface area (Å²) in [5.74, 6) is -0.860. The number of ether oxygens (including phenoxy) is 1. The van der Waals surface area contributed by atoms with Crippen LogP contribution in [0.1, 0.15) is 30.0 Å². The van der Waals surface area contributed by atoms with Crippen molar-refractivity contribution in [3.8, 4) is 0 Å². The van der Waals surface area contributed by atoms with Gasteiger partial charge in [-0.3, -0.25) is 9.89 Å². The number of esters is 1. The number of rotatable bonds is 7. The van der Waals surface area contributed by atoms with Gasteiger partial charge in [0.05, 0.1) is 18.0 Å². The number of carbonyl (C=O) groups is 1. The average molecular weight is 367 g/mol. The van der Waals surface area contributed by atoms with Crippen LogP contribution in [0.25, 0.3) is 0 Å². The van der Waals surface area contributed by atoms with E-state index in [2.05, 4.69) is 14.9 Å². The van der Waals surface area contributed by atoms with Crippen LogP contribution in [0, 0.1) is 13.8 Å². The normalized spacial score (nSPS) is 14.1. The van der Waals surface area contributed by atoms with Crippen molar-refractivity contribution in [3.63, 3.8) is 0 Å². The van der Waals surface area contributed by atoms with Gasteiger partial charge >= 0.3 is 5.97 Å². The van der Waals surface area contributed by atoms with Crippen LogP contribution in [0.15, 0.2) is 35.2 Å². The fourth-order valence-electron chi connectivity index (χ4n) is 2.48. The van der Waals surface area contributed by atoms with Gasteiger partial charge in [0.1, 0.15) is 17.0 Å². The fourth-order valence-corrected chi connectivity index (χ4v) is 4.04. The van der Waals surface area contributed by atoms with Crippen LogP contribution in [0.5, 0.6) is 0 Å². The molecule has 0 fully saturated rings. The number of aromatic nitrogens is 2. The molecule has 0 aliphatic heterocycles. The molecule has 2 aromatic rings. The molecule has 0 radical (unpaired) electrons. The highest BCUT2D eigenvalue weighted by Gasteiger charge is 2.35. The van der Waals surface area contributed by atoms with Crippen LogP contribution in [0.3, 0.4) is 0 Å². The maximum atomic E-state index is 12.7. The highest BCUT2D eigenvalue weighted by molar-refractivity contribution is 7.89. The monoisotopic (exact) mass is 367 g/mol. The molecular weight excluding hydrogens is 346 g/mol. The molecule has 0 amide bonds. The topological polar surface area (TPSA) is 121 Å². The average Bonchev–Trinajstić information content (AvgIpc) is 2.92. The zero-order valence-electron chi connectivity index (χ0n) is 14.2. The first kappa shape index (κ1) is 19.1. The number of carbonyl (C=O) groups excluding carboxylic acids is 1. The molecule has 1 heterocycles. The Morgan fingerprint density at radius 1 is 1.32 bits per heavy atom. The Hall–Kier alpha value is -2.23. The van der Waals surface area contributed by atoms with Crippen molar-refractivity contribution in [3.05, 3.63) is 47.3 Å². The smallest absolute Gasteiger partial charge is 0.327 e. The Bertz CT molecular complexity index is 813. The minimum Gasteiger partial charge on any atom is -0.465 e. The second-order valence-electron chi connectivity index (χ2n) is 5.47. The van der Waals surface area contributed by atoms with Crippen LogP contribution >= 0.6 is 0 Å². The lowest BCUT2D eigenvalue weighted by Gasteiger charge is -2.22. The molecule has 9 heteroatoms. The largest absolute Gasteiger partial charge is 0.465 e. The summed E-state index contributed by atoms with van der Waals surface area (Å²) >= 11 is 0. The molecule has 8 nitrogen and oxygen atoms in total. The van der Waals surface area contributed by atoms with Gasteiger partial charge in [0.2, 0.25) is 10.0 Å². The Labute approximate surface area is 146 Å². The fraction of sp³-hybridized carbons (Fsp3) is 0.375. The number of H-pyrrole nitrogens is 1. The van der Waals surface area contributed by atoms with E-state index in [0.717, 1.165) is 0 Å². The van der Waals surface area contributed by atoms with Crippen molar-refractivity contribution in [2.75, 3.05) is 6.61 Å². The highest BCUT2D eigenvalue weighted by Crippen LogP contribution is 2.22. The zero-order chi connectivity index (χ0) is 18.6. The van der Waals surface area contributed by atoms with Gasteiger partial charge in [0, 0.05) is 0 Å². The summed E-state index contributed by atoms with van der Waals surface area (Å²) in [6, 6.07) is 6.82. The third-order valence-corrected chi connectivity index (χ3v) is 5.31. The molecule has 1 aromatic heterocycles. The first-order valence-corrected chi connectivity index (χ1v) is 9.19. The lowest BCUT2D eigenvalue weighted by atomic mass is 10.0. The molecule has 0 aliphatic rings. The van der Waals surface area contributed by atoms with E-state index < -0.39 is 28.1 Å². The van der Waals surface area contributed by atoms with E-state index in [1.165, 1.54) is 6.92 Å². The molecule has 136 valence electrons. The number of benzene rings is 1. The van der Waals surface area contributed by atoms with Crippen molar-refractivity contribution >= 4 is 16.0 Å². The summed E-state index contributed by atoms with van der Waals surface area (Å²) in [7, 11) is -4.10. The van der Waals surface area contributed by atoms with E-state index in [-0.39, 0.29) is 17.2 Å². The number of nitrogens with one attached hydrogen (secondary N) is 2. The Balaban J connectivity index is 2.38. The molecule has 25 heavy (non-hydrogen) atoms. The maximum absolute atomic E-state index is 12.7. The van der Waals surface area contributed by atoms with Gasteiger partial charge in [-0.1, -0.05) is 30.3 Å². The van der Waals surface area contributed by atoms with E-state index in [0.29, 0.717) is 11.3 Å². The zero-order valence-corrected chi connectivity index (χ0v) is 15.0. The summed E-state index contributed by atoms with van der Waals surface area (Å²) in [6.07, 6.45) is -1.40. The molecule has 2 rings (SSSR count). The van der Waals surface area contributed by atoms with Gasteiger partial charge in [0.25, 0.3) is 0 Å². The standard InChI is InChI=1S/C16H21N3O5S/c1-4-24-16(21)13(14(20)12-8-6-5-7-9-12)19-25(22,23)15-10(2)17-18-11(15)3/h5-9,13-14,19-20H,4H2,1-3H3,(H,17,18). The van der Waals surface area contributed by atoms with E-state index in [4.69, 9.17) is 4.74 Å². The van der Waals surface area contributed by atoms with Crippen LogP contribution in [0.2, 0.25) is 0 Å². The van der Waals surface area contributed by atoms with E-state index >= 15 is 0 Å². The summed E-state index contributed by atoms with van der Waals surface area (Å²) < 4.78 is 32.6. The molecule has 2 atom stereocenters. The van der Waals surface area contributed by atoms with E-state index in [1.807, 2.05) is 0 Å². The highest BCUT2D eigenvalue weighted by atomic mass is 32.2. The number of hydrogen-bond donors (Lipinski definition) is 3. The number of aryl methyl sites for hydroxylation is 2. The second kappa shape index (κ2) is 7.77. The maximum Gasteiger partial charge on any atom is 0.327 e. The molecule has 0 bridgehead atoms. The van der Waals surface area contributed by atoms with Crippen molar-refractivity contribution in [2.45, 2.75) is 37.8 Å². The number of aliphatic hydroxyl groups is 1. The number of aromatic amines is 1. The Kier molecular flexibility index (Phi) is 5.93.